The fourth-order valence-corrected chi connectivity index (χ4v) is 4.36. The second-order valence-corrected chi connectivity index (χ2v) is 8.14. The molecule has 1 N–H and O–H groups in total. The van der Waals surface area contributed by atoms with E-state index in [1.165, 1.54) is 5.56 Å². The summed E-state index contributed by atoms with van der Waals surface area (Å²) >= 11 is 1.63. The molecule has 0 bridgehead atoms. The lowest BCUT2D eigenvalue weighted by molar-refractivity contribution is -0.125. The Morgan fingerprint density at radius 1 is 1.00 bits per heavy atom. The fraction of sp³-hybridized carbons (Fsp3) is 0.120. The molecule has 1 aromatic heterocycles. The number of carbonyl (C=O) groups excluding carboxylic acids is 1. The summed E-state index contributed by atoms with van der Waals surface area (Å²) in [6.07, 6.45) is -0.690. The van der Waals surface area contributed by atoms with Gasteiger partial charge in [-0.3, -0.25) is 4.79 Å². The maximum atomic E-state index is 12.6. The van der Waals surface area contributed by atoms with Crippen molar-refractivity contribution in [3.8, 4) is 33.3 Å². The van der Waals surface area contributed by atoms with Gasteiger partial charge >= 0.3 is 0 Å². The van der Waals surface area contributed by atoms with Crippen LogP contribution in [-0.2, 0) is 4.79 Å². The number of benzene rings is 3. The molecule has 0 saturated carbocycles. The summed E-state index contributed by atoms with van der Waals surface area (Å²) in [4.78, 5) is 17.4. The molecule has 1 aliphatic rings. The van der Waals surface area contributed by atoms with Crippen molar-refractivity contribution in [2.45, 2.75) is 13.0 Å². The molecule has 31 heavy (non-hydrogen) atoms. The van der Waals surface area contributed by atoms with Crippen LogP contribution in [0.4, 0.5) is 5.69 Å². The number of para-hydroxylation sites is 2. The average Bonchev–Trinajstić information content (AvgIpc) is 3.29. The monoisotopic (exact) mass is 428 g/mol. The molecule has 2 heterocycles. The number of hydrogen-bond acceptors (Lipinski definition) is 5. The number of ether oxygens (including phenoxy) is 2. The van der Waals surface area contributed by atoms with Crippen molar-refractivity contribution in [1.82, 2.24) is 4.98 Å². The predicted molar refractivity (Wildman–Crippen MR) is 123 cm³/mol. The molecule has 1 aliphatic heterocycles. The standard InChI is InChI=1S/C25H20N2O3S/c1-16-6-2-3-7-19(16)25-27-20(15-31-25)17-10-12-18(13-11-17)26-24(28)23-14-29-21-8-4-5-9-22(21)30-23/h2-13,15,23H,14H2,1H3,(H,26,28). The zero-order valence-electron chi connectivity index (χ0n) is 16.9. The minimum atomic E-state index is -0.690. The first-order chi connectivity index (χ1) is 15.2. The molecular formula is C25H20N2O3S. The molecule has 3 aromatic carbocycles. The molecule has 1 atom stereocenters. The number of rotatable bonds is 4. The van der Waals surface area contributed by atoms with Gasteiger partial charge in [0.1, 0.15) is 11.6 Å². The van der Waals surface area contributed by atoms with Crippen LogP contribution in [0.2, 0.25) is 0 Å². The molecule has 0 radical (unpaired) electrons. The fourth-order valence-electron chi connectivity index (χ4n) is 3.44. The Kier molecular flexibility index (Phi) is 5.14. The summed E-state index contributed by atoms with van der Waals surface area (Å²) in [5, 5.41) is 5.95. The summed E-state index contributed by atoms with van der Waals surface area (Å²) in [6, 6.07) is 23.2. The molecule has 154 valence electrons. The van der Waals surface area contributed by atoms with E-state index in [-0.39, 0.29) is 12.5 Å². The Hall–Kier alpha value is -3.64. The topological polar surface area (TPSA) is 60.5 Å². The van der Waals surface area contributed by atoms with E-state index >= 15 is 0 Å². The van der Waals surface area contributed by atoms with Gasteiger partial charge in [-0.1, -0.05) is 48.5 Å². The number of hydrogen-bond donors (Lipinski definition) is 1. The van der Waals surface area contributed by atoms with Crippen LogP contribution >= 0.6 is 11.3 Å². The van der Waals surface area contributed by atoms with Crippen molar-refractivity contribution in [1.29, 1.82) is 0 Å². The van der Waals surface area contributed by atoms with Crippen LogP contribution in [0, 0.1) is 6.92 Å². The summed E-state index contributed by atoms with van der Waals surface area (Å²) in [7, 11) is 0. The molecule has 0 spiro atoms. The maximum Gasteiger partial charge on any atom is 0.269 e. The van der Waals surface area contributed by atoms with Gasteiger partial charge in [0.2, 0.25) is 6.10 Å². The van der Waals surface area contributed by atoms with Crippen molar-refractivity contribution >= 4 is 22.9 Å². The van der Waals surface area contributed by atoms with E-state index in [9.17, 15) is 4.79 Å². The van der Waals surface area contributed by atoms with E-state index in [1.807, 2.05) is 54.6 Å². The van der Waals surface area contributed by atoms with E-state index in [4.69, 9.17) is 14.5 Å². The second kappa shape index (κ2) is 8.24. The molecule has 0 aliphatic carbocycles. The molecular weight excluding hydrogens is 408 g/mol. The smallest absolute Gasteiger partial charge is 0.269 e. The average molecular weight is 429 g/mol. The van der Waals surface area contributed by atoms with Crippen molar-refractivity contribution < 1.29 is 14.3 Å². The van der Waals surface area contributed by atoms with E-state index in [0.29, 0.717) is 17.2 Å². The van der Waals surface area contributed by atoms with Crippen LogP contribution in [-0.4, -0.2) is 23.6 Å². The number of amides is 1. The number of nitrogens with one attached hydrogen (secondary N) is 1. The number of carbonyl (C=O) groups is 1. The third-order valence-electron chi connectivity index (χ3n) is 5.13. The van der Waals surface area contributed by atoms with Gasteiger partial charge in [-0.05, 0) is 36.8 Å². The van der Waals surface area contributed by atoms with Gasteiger partial charge in [-0.2, -0.15) is 0 Å². The number of thiazole rings is 1. The Labute approximate surface area is 184 Å². The second-order valence-electron chi connectivity index (χ2n) is 7.28. The summed E-state index contributed by atoms with van der Waals surface area (Å²) in [5.41, 5.74) is 4.98. The quantitative estimate of drug-likeness (QED) is 0.462. The van der Waals surface area contributed by atoms with Gasteiger partial charge in [0.05, 0.1) is 5.69 Å². The predicted octanol–water partition coefficient (Wildman–Crippen LogP) is 5.56. The third-order valence-corrected chi connectivity index (χ3v) is 6.00. The normalized spacial score (nSPS) is 14.8. The molecule has 0 fully saturated rings. The number of fused-ring (bicyclic) bond motifs is 1. The van der Waals surface area contributed by atoms with Crippen molar-refractivity contribution in [3.63, 3.8) is 0 Å². The van der Waals surface area contributed by atoms with E-state index < -0.39 is 6.10 Å². The third kappa shape index (κ3) is 4.02. The van der Waals surface area contributed by atoms with Crippen LogP contribution in [0.3, 0.4) is 0 Å². The highest BCUT2D eigenvalue weighted by Gasteiger charge is 2.27. The van der Waals surface area contributed by atoms with Crippen LogP contribution in [0.25, 0.3) is 21.8 Å². The van der Waals surface area contributed by atoms with Crippen molar-refractivity contribution in [3.05, 3.63) is 83.7 Å². The van der Waals surface area contributed by atoms with E-state index in [2.05, 4.69) is 29.8 Å². The largest absolute Gasteiger partial charge is 0.485 e. The highest BCUT2D eigenvalue weighted by atomic mass is 32.1. The summed E-state index contributed by atoms with van der Waals surface area (Å²) in [5.74, 6) is 0.999. The Balaban J connectivity index is 1.27. The number of aromatic nitrogens is 1. The molecule has 6 heteroatoms. The first-order valence-electron chi connectivity index (χ1n) is 9.99. The highest BCUT2D eigenvalue weighted by Crippen LogP contribution is 2.32. The van der Waals surface area contributed by atoms with Gasteiger partial charge in [0.15, 0.2) is 11.5 Å². The maximum absolute atomic E-state index is 12.6. The van der Waals surface area contributed by atoms with Crippen LogP contribution in [0.1, 0.15) is 5.56 Å². The lowest BCUT2D eigenvalue weighted by Crippen LogP contribution is -2.40. The summed E-state index contributed by atoms with van der Waals surface area (Å²) < 4.78 is 11.4. The minimum Gasteiger partial charge on any atom is -0.485 e. The van der Waals surface area contributed by atoms with Crippen LogP contribution in [0.15, 0.2) is 78.2 Å². The molecule has 0 saturated heterocycles. The van der Waals surface area contributed by atoms with Gasteiger partial charge in [-0.25, -0.2) is 4.98 Å². The van der Waals surface area contributed by atoms with E-state index in [0.717, 1.165) is 21.8 Å². The van der Waals surface area contributed by atoms with Gasteiger partial charge < -0.3 is 14.8 Å². The molecule has 5 nitrogen and oxygen atoms in total. The summed E-state index contributed by atoms with van der Waals surface area (Å²) in [6.45, 7) is 2.27. The first kappa shape index (κ1) is 19.3. The van der Waals surface area contributed by atoms with Crippen molar-refractivity contribution in [2.24, 2.45) is 0 Å². The molecule has 1 unspecified atom stereocenters. The molecule has 1 amide bonds. The van der Waals surface area contributed by atoms with Gasteiger partial charge in [0.25, 0.3) is 5.91 Å². The lowest BCUT2D eigenvalue weighted by Gasteiger charge is -2.25. The molecule has 4 aromatic rings. The Bertz CT molecular complexity index is 1230. The first-order valence-corrected chi connectivity index (χ1v) is 10.9. The van der Waals surface area contributed by atoms with Gasteiger partial charge in [-0.15, -0.1) is 11.3 Å². The van der Waals surface area contributed by atoms with Crippen molar-refractivity contribution in [2.75, 3.05) is 11.9 Å². The highest BCUT2D eigenvalue weighted by molar-refractivity contribution is 7.13. The zero-order valence-corrected chi connectivity index (χ0v) is 17.7. The Morgan fingerprint density at radius 3 is 2.55 bits per heavy atom. The van der Waals surface area contributed by atoms with Crippen LogP contribution < -0.4 is 14.8 Å². The van der Waals surface area contributed by atoms with Crippen LogP contribution in [0.5, 0.6) is 11.5 Å². The minimum absolute atomic E-state index is 0.182. The zero-order chi connectivity index (χ0) is 21.2. The lowest BCUT2D eigenvalue weighted by atomic mass is 10.1. The molecule has 5 rings (SSSR count). The van der Waals surface area contributed by atoms with Gasteiger partial charge in [0, 0.05) is 22.2 Å². The number of aryl methyl sites for hydroxylation is 1. The van der Waals surface area contributed by atoms with E-state index in [1.54, 1.807) is 17.4 Å². The number of nitrogens with zero attached hydrogens (tertiary/aromatic N) is 1. The number of anilines is 1. The SMILES string of the molecule is Cc1ccccc1-c1nc(-c2ccc(NC(=O)C3COc4ccccc4O3)cc2)cs1. The Morgan fingerprint density at radius 2 is 1.74 bits per heavy atom.